The number of halogens is 3. The highest BCUT2D eigenvalue weighted by Gasteiger charge is 2.31. The van der Waals surface area contributed by atoms with E-state index in [1.165, 1.54) is 18.6 Å². The molecule has 0 heterocycles. The Morgan fingerprint density at radius 2 is 1.78 bits per heavy atom. The van der Waals surface area contributed by atoms with Gasteiger partial charge in [0.25, 0.3) is 0 Å². The van der Waals surface area contributed by atoms with Crippen LogP contribution >= 0.6 is 0 Å². The Bertz CT molecular complexity index is 522. The zero-order valence-electron chi connectivity index (χ0n) is 13.1. The fourth-order valence-electron chi connectivity index (χ4n) is 3.20. The van der Waals surface area contributed by atoms with Gasteiger partial charge in [-0.2, -0.15) is 13.2 Å². The number of benzene rings is 1. The smallest absolute Gasteiger partial charge is 0.416 e. The van der Waals surface area contributed by atoms with Crippen LogP contribution in [0, 0.1) is 0 Å². The van der Waals surface area contributed by atoms with Gasteiger partial charge in [-0.1, -0.05) is 31.4 Å². The first kappa shape index (κ1) is 17.8. The quantitative estimate of drug-likeness (QED) is 0.889. The summed E-state index contributed by atoms with van der Waals surface area (Å²) in [5.41, 5.74) is -0.109. The summed E-state index contributed by atoms with van der Waals surface area (Å²) in [6.07, 6.45) is 1.18. The molecule has 1 aromatic carbocycles. The maximum atomic E-state index is 12.6. The Morgan fingerprint density at radius 3 is 2.26 bits per heavy atom. The molecule has 23 heavy (non-hydrogen) atoms. The predicted octanol–water partition coefficient (Wildman–Crippen LogP) is 3.97. The highest BCUT2D eigenvalue weighted by Crippen LogP contribution is 2.29. The summed E-state index contributed by atoms with van der Waals surface area (Å²) in [6, 6.07) is 4.28. The first-order chi connectivity index (χ1) is 10.8. The van der Waals surface area contributed by atoms with Gasteiger partial charge in [-0.15, -0.1) is 0 Å². The highest BCUT2D eigenvalue weighted by atomic mass is 19.4. The molecule has 0 aromatic heterocycles. The zero-order valence-corrected chi connectivity index (χ0v) is 13.1. The van der Waals surface area contributed by atoms with Crippen molar-refractivity contribution in [3.8, 4) is 0 Å². The van der Waals surface area contributed by atoms with E-state index >= 15 is 0 Å². The SMILES string of the molecule is CN(C1CCCCC1)[C@@H](Cc1ccc(C(F)(F)F)cc1)C(=O)O. The molecule has 0 bridgehead atoms. The molecule has 1 aliphatic carbocycles. The normalized spacial score (nSPS) is 18.1. The van der Waals surface area contributed by atoms with Crippen LogP contribution in [-0.2, 0) is 17.4 Å². The topological polar surface area (TPSA) is 40.5 Å². The Balaban J connectivity index is 2.08. The van der Waals surface area contributed by atoms with E-state index in [1.54, 1.807) is 7.05 Å². The summed E-state index contributed by atoms with van der Waals surface area (Å²) in [7, 11) is 1.80. The van der Waals surface area contributed by atoms with Gasteiger partial charge in [0, 0.05) is 6.04 Å². The molecule has 6 heteroatoms. The molecule has 0 saturated heterocycles. The van der Waals surface area contributed by atoms with Crippen LogP contribution in [0.4, 0.5) is 13.2 Å². The second-order valence-electron chi connectivity index (χ2n) is 6.21. The first-order valence-corrected chi connectivity index (χ1v) is 7.90. The van der Waals surface area contributed by atoms with Crippen molar-refractivity contribution in [3.63, 3.8) is 0 Å². The summed E-state index contributed by atoms with van der Waals surface area (Å²) >= 11 is 0. The van der Waals surface area contributed by atoms with Gasteiger partial charge in [-0.25, -0.2) is 0 Å². The average molecular weight is 329 g/mol. The third kappa shape index (κ3) is 4.70. The maximum absolute atomic E-state index is 12.6. The minimum absolute atomic E-state index is 0.209. The number of nitrogens with zero attached hydrogens (tertiary/aromatic N) is 1. The average Bonchev–Trinajstić information content (AvgIpc) is 2.52. The first-order valence-electron chi connectivity index (χ1n) is 7.90. The number of aliphatic carboxylic acids is 1. The van der Waals surface area contributed by atoms with Crippen LogP contribution in [0.5, 0.6) is 0 Å². The Labute approximate surface area is 134 Å². The molecule has 0 amide bonds. The number of hydrogen-bond donors (Lipinski definition) is 1. The summed E-state index contributed by atoms with van der Waals surface area (Å²) in [6.45, 7) is 0. The monoisotopic (exact) mass is 329 g/mol. The largest absolute Gasteiger partial charge is 0.480 e. The lowest BCUT2D eigenvalue weighted by Gasteiger charge is -2.35. The molecule has 128 valence electrons. The van der Waals surface area contributed by atoms with Crippen LogP contribution in [0.2, 0.25) is 0 Å². The van der Waals surface area contributed by atoms with Crippen LogP contribution in [0.3, 0.4) is 0 Å². The molecule has 1 fully saturated rings. The van der Waals surface area contributed by atoms with Gasteiger partial charge in [-0.05, 0) is 44.0 Å². The van der Waals surface area contributed by atoms with Crippen LogP contribution in [-0.4, -0.2) is 35.1 Å². The van der Waals surface area contributed by atoms with Crippen LogP contribution in [0.15, 0.2) is 24.3 Å². The molecule has 0 aliphatic heterocycles. The number of carbonyl (C=O) groups is 1. The second kappa shape index (κ2) is 7.34. The van der Waals surface area contributed by atoms with Gasteiger partial charge in [0.05, 0.1) is 5.56 Å². The number of alkyl halides is 3. The van der Waals surface area contributed by atoms with Gasteiger partial charge >= 0.3 is 12.1 Å². The van der Waals surface area contributed by atoms with E-state index in [9.17, 15) is 23.1 Å². The van der Waals surface area contributed by atoms with Crippen molar-refractivity contribution < 1.29 is 23.1 Å². The van der Waals surface area contributed by atoms with E-state index in [0.29, 0.717) is 5.56 Å². The van der Waals surface area contributed by atoms with Crippen molar-refractivity contribution in [1.29, 1.82) is 0 Å². The number of likely N-dealkylation sites (N-methyl/N-ethyl adjacent to an activating group) is 1. The van der Waals surface area contributed by atoms with Crippen molar-refractivity contribution in [2.45, 2.75) is 56.8 Å². The van der Waals surface area contributed by atoms with E-state index in [1.807, 2.05) is 4.90 Å². The molecule has 1 N–H and O–H groups in total. The minimum Gasteiger partial charge on any atom is -0.480 e. The Hall–Kier alpha value is -1.56. The summed E-state index contributed by atoms with van der Waals surface area (Å²) < 4.78 is 37.7. The number of rotatable bonds is 5. The van der Waals surface area contributed by atoms with Crippen molar-refractivity contribution in [2.75, 3.05) is 7.05 Å². The molecule has 1 atom stereocenters. The molecule has 2 rings (SSSR count). The molecule has 0 unspecified atom stereocenters. The highest BCUT2D eigenvalue weighted by molar-refractivity contribution is 5.74. The predicted molar refractivity (Wildman–Crippen MR) is 81.2 cm³/mol. The summed E-state index contributed by atoms with van der Waals surface area (Å²) in [4.78, 5) is 13.5. The van der Waals surface area contributed by atoms with E-state index in [4.69, 9.17) is 0 Å². The van der Waals surface area contributed by atoms with Crippen LogP contribution in [0.1, 0.15) is 43.2 Å². The molecular formula is C17H22F3NO2. The lowest BCUT2D eigenvalue weighted by atomic mass is 9.92. The lowest BCUT2D eigenvalue weighted by Crippen LogP contribution is -2.46. The van der Waals surface area contributed by atoms with E-state index in [2.05, 4.69) is 0 Å². The van der Waals surface area contributed by atoms with E-state index < -0.39 is 23.8 Å². The minimum atomic E-state index is -4.37. The van der Waals surface area contributed by atoms with Crippen LogP contribution < -0.4 is 0 Å². The van der Waals surface area contributed by atoms with Gasteiger partial charge in [0.2, 0.25) is 0 Å². The van der Waals surface area contributed by atoms with Gasteiger partial charge in [0.1, 0.15) is 6.04 Å². The van der Waals surface area contributed by atoms with Crippen LogP contribution in [0.25, 0.3) is 0 Å². The molecule has 3 nitrogen and oxygen atoms in total. The standard InChI is InChI=1S/C17H22F3NO2/c1-21(14-5-3-2-4-6-14)15(16(22)23)11-12-7-9-13(10-8-12)17(18,19)20/h7-10,14-15H,2-6,11H2,1H3,(H,22,23)/t15-/m0/s1. The van der Waals surface area contributed by atoms with Gasteiger partial charge in [-0.3, -0.25) is 9.69 Å². The molecule has 0 radical (unpaired) electrons. The third-order valence-corrected chi connectivity index (χ3v) is 4.64. The summed E-state index contributed by atoms with van der Waals surface area (Å²) in [5.74, 6) is -0.932. The second-order valence-corrected chi connectivity index (χ2v) is 6.21. The molecule has 1 saturated carbocycles. The van der Waals surface area contributed by atoms with Crippen molar-refractivity contribution >= 4 is 5.97 Å². The third-order valence-electron chi connectivity index (χ3n) is 4.64. The van der Waals surface area contributed by atoms with E-state index in [-0.39, 0.29) is 12.5 Å². The summed E-state index contributed by atoms with van der Waals surface area (Å²) in [5, 5.41) is 9.50. The maximum Gasteiger partial charge on any atom is 0.416 e. The fourth-order valence-corrected chi connectivity index (χ4v) is 3.20. The fraction of sp³-hybridized carbons (Fsp3) is 0.588. The number of carboxylic acids is 1. The van der Waals surface area contributed by atoms with Crippen molar-refractivity contribution in [1.82, 2.24) is 4.90 Å². The van der Waals surface area contributed by atoms with Crippen molar-refractivity contribution in [3.05, 3.63) is 35.4 Å². The Morgan fingerprint density at radius 1 is 1.22 bits per heavy atom. The molecule has 1 aliphatic rings. The molecule has 1 aromatic rings. The zero-order chi connectivity index (χ0) is 17.0. The number of hydrogen-bond acceptors (Lipinski definition) is 2. The van der Waals surface area contributed by atoms with Gasteiger partial charge < -0.3 is 5.11 Å². The lowest BCUT2D eigenvalue weighted by molar-refractivity contribution is -0.144. The van der Waals surface area contributed by atoms with Crippen molar-refractivity contribution in [2.24, 2.45) is 0 Å². The number of carboxylic acid groups (broad SMARTS) is 1. The molecule has 0 spiro atoms. The Kier molecular flexibility index (Phi) is 5.68. The van der Waals surface area contributed by atoms with Gasteiger partial charge in [0.15, 0.2) is 0 Å². The van der Waals surface area contributed by atoms with E-state index in [0.717, 1.165) is 37.8 Å². The molecular weight excluding hydrogens is 307 g/mol.